The van der Waals surface area contributed by atoms with Crippen LogP contribution in [0.25, 0.3) is 0 Å². The maximum atomic E-state index is 11.9. The zero-order valence-electron chi connectivity index (χ0n) is 13.0. The molecule has 0 aliphatic carbocycles. The van der Waals surface area contributed by atoms with Crippen LogP contribution < -0.4 is 14.8 Å². The minimum Gasteiger partial charge on any atom is -0.490 e. The molecule has 5 nitrogen and oxygen atoms in total. The summed E-state index contributed by atoms with van der Waals surface area (Å²) >= 11 is 0. The van der Waals surface area contributed by atoms with Gasteiger partial charge in [-0.3, -0.25) is 9.59 Å². The highest BCUT2D eigenvalue weighted by molar-refractivity contribution is 5.81. The molecule has 1 rings (SSSR count). The van der Waals surface area contributed by atoms with Crippen LogP contribution in [-0.4, -0.2) is 31.4 Å². The minimum absolute atomic E-state index is 0.175. The first kappa shape index (κ1) is 17.0. The van der Waals surface area contributed by atoms with Gasteiger partial charge in [-0.2, -0.15) is 0 Å². The van der Waals surface area contributed by atoms with Crippen LogP contribution in [0.5, 0.6) is 11.5 Å². The first-order valence-electron chi connectivity index (χ1n) is 7.14. The van der Waals surface area contributed by atoms with Gasteiger partial charge in [0.05, 0.1) is 6.61 Å². The average Bonchev–Trinajstić information content (AvgIpc) is 2.46. The molecule has 1 unspecified atom stereocenters. The monoisotopic (exact) mass is 293 g/mol. The van der Waals surface area contributed by atoms with Gasteiger partial charge in [0.2, 0.25) is 0 Å². The number of hydrogen-bond donors (Lipinski definition) is 1. The van der Waals surface area contributed by atoms with Crippen LogP contribution in [0, 0.1) is 5.92 Å². The van der Waals surface area contributed by atoms with Crippen LogP contribution in [0.1, 0.15) is 38.1 Å². The van der Waals surface area contributed by atoms with E-state index in [0.717, 1.165) is 6.29 Å². The number of benzene rings is 1. The molecule has 116 valence electrons. The van der Waals surface area contributed by atoms with Crippen molar-refractivity contribution in [2.45, 2.75) is 33.8 Å². The van der Waals surface area contributed by atoms with Gasteiger partial charge in [0, 0.05) is 12.1 Å². The van der Waals surface area contributed by atoms with E-state index in [0.29, 0.717) is 36.1 Å². The second kappa shape index (κ2) is 8.29. The van der Waals surface area contributed by atoms with Crippen LogP contribution >= 0.6 is 0 Å². The lowest BCUT2D eigenvalue weighted by atomic mass is 10.2. The number of rotatable bonds is 8. The molecule has 1 aromatic rings. The molecule has 1 N–H and O–H groups in total. The molecule has 0 saturated carbocycles. The van der Waals surface area contributed by atoms with Gasteiger partial charge in [0.25, 0.3) is 5.91 Å². The Hall–Kier alpha value is -2.04. The van der Waals surface area contributed by atoms with Crippen molar-refractivity contribution in [3.63, 3.8) is 0 Å². The first-order valence-corrected chi connectivity index (χ1v) is 7.14. The minimum atomic E-state index is -0.634. The molecule has 0 heterocycles. The quantitative estimate of drug-likeness (QED) is 0.748. The summed E-state index contributed by atoms with van der Waals surface area (Å²) in [6.07, 6.45) is 0.107. The van der Waals surface area contributed by atoms with Gasteiger partial charge in [0.1, 0.15) is 6.29 Å². The van der Waals surface area contributed by atoms with Crippen molar-refractivity contribution in [3.8, 4) is 11.5 Å². The molecule has 0 aliphatic heterocycles. The van der Waals surface area contributed by atoms with Gasteiger partial charge in [-0.05, 0) is 38.0 Å². The van der Waals surface area contributed by atoms with Crippen LogP contribution in [0.15, 0.2) is 18.2 Å². The molecule has 5 heteroatoms. The fourth-order valence-electron chi connectivity index (χ4n) is 1.66. The first-order chi connectivity index (χ1) is 9.97. The number of carbonyl (C=O) groups is 2. The van der Waals surface area contributed by atoms with Crippen molar-refractivity contribution >= 4 is 12.2 Å². The number of aldehydes is 1. The summed E-state index contributed by atoms with van der Waals surface area (Å²) in [4.78, 5) is 22.7. The molecular formula is C16H23NO4. The van der Waals surface area contributed by atoms with Gasteiger partial charge in [-0.25, -0.2) is 0 Å². The van der Waals surface area contributed by atoms with Crippen molar-refractivity contribution in [1.82, 2.24) is 5.32 Å². The second-order valence-corrected chi connectivity index (χ2v) is 5.16. The Bertz CT molecular complexity index is 485. The number of amides is 1. The van der Waals surface area contributed by atoms with E-state index in [-0.39, 0.29) is 5.91 Å². The molecule has 1 aromatic carbocycles. The van der Waals surface area contributed by atoms with E-state index in [4.69, 9.17) is 9.47 Å². The highest BCUT2D eigenvalue weighted by Crippen LogP contribution is 2.29. The molecule has 0 bridgehead atoms. The fourth-order valence-corrected chi connectivity index (χ4v) is 1.66. The SMILES string of the molecule is CCOc1cc(C=O)ccc1OC(C)C(=O)NCC(C)C. The maximum absolute atomic E-state index is 11.9. The van der Waals surface area contributed by atoms with E-state index in [1.807, 2.05) is 20.8 Å². The largest absolute Gasteiger partial charge is 0.490 e. The van der Waals surface area contributed by atoms with E-state index in [9.17, 15) is 9.59 Å². The molecule has 0 aromatic heterocycles. The van der Waals surface area contributed by atoms with Crippen LogP contribution in [-0.2, 0) is 4.79 Å². The summed E-state index contributed by atoms with van der Waals surface area (Å²) in [5, 5.41) is 2.82. The third-order valence-corrected chi connectivity index (χ3v) is 2.76. The maximum Gasteiger partial charge on any atom is 0.260 e. The van der Waals surface area contributed by atoms with Crippen molar-refractivity contribution in [1.29, 1.82) is 0 Å². The Morgan fingerprint density at radius 2 is 2.00 bits per heavy atom. The standard InChI is InChI=1S/C16H23NO4/c1-5-20-15-8-13(10-18)6-7-14(15)21-12(4)16(19)17-9-11(2)3/h6-8,10-12H,5,9H2,1-4H3,(H,17,19). The summed E-state index contributed by atoms with van der Waals surface area (Å²) in [5.41, 5.74) is 0.503. The van der Waals surface area contributed by atoms with E-state index in [1.54, 1.807) is 25.1 Å². The van der Waals surface area contributed by atoms with Crippen molar-refractivity contribution in [3.05, 3.63) is 23.8 Å². The normalized spacial score (nSPS) is 11.9. The summed E-state index contributed by atoms with van der Waals surface area (Å²) in [5.74, 6) is 1.12. The zero-order chi connectivity index (χ0) is 15.8. The molecule has 1 atom stereocenters. The number of ether oxygens (including phenoxy) is 2. The van der Waals surface area contributed by atoms with Crippen molar-refractivity contribution < 1.29 is 19.1 Å². The van der Waals surface area contributed by atoms with Crippen LogP contribution in [0.3, 0.4) is 0 Å². The lowest BCUT2D eigenvalue weighted by Crippen LogP contribution is -2.38. The molecule has 0 saturated heterocycles. The molecule has 0 spiro atoms. The van der Waals surface area contributed by atoms with Gasteiger partial charge in [-0.1, -0.05) is 13.8 Å². The predicted molar refractivity (Wildman–Crippen MR) is 80.9 cm³/mol. The topological polar surface area (TPSA) is 64.6 Å². The second-order valence-electron chi connectivity index (χ2n) is 5.16. The third kappa shape index (κ3) is 5.45. The van der Waals surface area contributed by atoms with E-state index in [1.165, 1.54) is 0 Å². The molecule has 0 radical (unpaired) electrons. The molecule has 1 amide bonds. The summed E-state index contributed by atoms with van der Waals surface area (Å²) in [7, 11) is 0. The summed E-state index contributed by atoms with van der Waals surface area (Å²) in [6.45, 7) is 8.63. The van der Waals surface area contributed by atoms with Gasteiger partial charge < -0.3 is 14.8 Å². The lowest BCUT2D eigenvalue weighted by molar-refractivity contribution is -0.127. The Labute approximate surface area is 125 Å². The smallest absolute Gasteiger partial charge is 0.260 e. The van der Waals surface area contributed by atoms with Gasteiger partial charge in [0.15, 0.2) is 17.6 Å². The summed E-state index contributed by atoms with van der Waals surface area (Å²) in [6, 6.07) is 4.87. The Morgan fingerprint density at radius 3 is 2.57 bits per heavy atom. The molecule has 21 heavy (non-hydrogen) atoms. The average molecular weight is 293 g/mol. The zero-order valence-corrected chi connectivity index (χ0v) is 13.0. The Balaban J connectivity index is 2.76. The highest BCUT2D eigenvalue weighted by atomic mass is 16.5. The Kier molecular flexibility index (Phi) is 6.72. The van der Waals surface area contributed by atoms with E-state index in [2.05, 4.69) is 5.32 Å². The van der Waals surface area contributed by atoms with Crippen LogP contribution in [0.4, 0.5) is 0 Å². The fraction of sp³-hybridized carbons (Fsp3) is 0.500. The summed E-state index contributed by atoms with van der Waals surface area (Å²) < 4.78 is 11.1. The highest BCUT2D eigenvalue weighted by Gasteiger charge is 2.17. The van der Waals surface area contributed by atoms with Crippen molar-refractivity contribution in [2.24, 2.45) is 5.92 Å². The molecule has 0 fully saturated rings. The lowest BCUT2D eigenvalue weighted by Gasteiger charge is -2.18. The molecule has 0 aliphatic rings. The number of nitrogens with one attached hydrogen (secondary N) is 1. The predicted octanol–water partition coefficient (Wildman–Crippen LogP) is 2.44. The Morgan fingerprint density at radius 1 is 1.29 bits per heavy atom. The third-order valence-electron chi connectivity index (χ3n) is 2.76. The van der Waals surface area contributed by atoms with E-state index >= 15 is 0 Å². The van der Waals surface area contributed by atoms with Gasteiger partial charge in [-0.15, -0.1) is 0 Å². The van der Waals surface area contributed by atoms with Crippen molar-refractivity contribution in [2.75, 3.05) is 13.2 Å². The van der Waals surface area contributed by atoms with Crippen LogP contribution in [0.2, 0.25) is 0 Å². The number of carbonyl (C=O) groups excluding carboxylic acids is 2. The number of hydrogen-bond acceptors (Lipinski definition) is 4. The molecular weight excluding hydrogens is 270 g/mol. The van der Waals surface area contributed by atoms with E-state index < -0.39 is 6.10 Å². The van der Waals surface area contributed by atoms with Gasteiger partial charge >= 0.3 is 0 Å².